The van der Waals surface area contributed by atoms with Gasteiger partial charge in [-0.1, -0.05) is 24.3 Å². The molecule has 5 nitrogen and oxygen atoms in total. The molecule has 20 heavy (non-hydrogen) atoms. The number of fused-ring (bicyclic) bond motifs is 1. The van der Waals surface area contributed by atoms with Gasteiger partial charge in [0.25, 0.3) is 0 Å². The SMILES string of the molecule is O=C(O)c1cnc(Sc2ncccn2)c2ccccc12. The summed E-state index contributed by atoms with van der Waals surface area (Å²) in [6.45, 7) is 0. The van der Waals surface area contributed by atoms with Crippen LogP contribution in [0.5, 0.6) is 0 Å². The minimum atomic E-state index is -0.985. The Balaban J connectivity index is 2.13. The molecule has 0 saturated carbocycles. The first kappa shape index (κ1) is 12.6. The number of carboxylic acid groups (broad SMARTS) is 1. The molecule has 1 aromatic carbocycles. The lowest BCUT2D eigenvalue weighted by Gasteiger charge is -2.06. The molecular weight excluding hydrogens is 274 g/mol. The average molecular weight is 283 g/mol. The monoisotopic (exact) mass is 283 g/mol. The number of carboxylic acids is 1. The van der Waals surface area contributed by atoms with Gasteiger partial charge < -0.3 is 5.11 Å². The van der Waals surface area contributed by atoms with Crippen molar-refractivity contribution in [1.29, 1.82) is 0 Å². The lowest BCUT2D eigenvalue weighted by molar-refractivity contribution is 0.0698. The van der Waals surface area contributed by atoms with Gasteiger partial charge in [-0.2, -0.15) is 0 Å². The smallest absolute Gasteiger partial charge is 0.337 e. The normalized spacial score (nSPS) is 10.6. The highest BCUT2D eigenvalue weighted by atomic mass is 32.2. The van der Waals surface area contributed by atoms with E-state index in [-0.39, 0.29) is 5.56 Å². The molecule has 1 N–H and O–H groups in total. The van der Waals surface area contributed by atoms with Crippen molar-refractivity contribution in [1.82, 2.24) is 15.0 Å². The molecule has 0 atom stereocenters. The molecule has 2 heterocycles. The fourth-order valence-electron chi connectivity index (χ4n) is 1.84. The molecule has 0 aliphatic rings. The highest BCUT2D eigenvalue weighted by Gasteiger charge is 2.13. The third-order valence-corrected chi connectivity index (χ3v) is 3.63. The Bertz CT molecular complexity index is 778. The summed E-state index contributed by atoms with van der Waals surface area (Å²) in [6, 6.07) is 9.02. The first-order valence-corrected chi connectivity index (χ1v) is 6.63. The minimum absolute atomic E-state index is 0.193. The van der Waals surface area contributed by atoms with Crippen LogP contribution in [-0.2, 0) is 0 Å². The molecule has 0 amide bonds. The molecule has 6 heteroatoms. The summed E-state index contributed by atoms with van der Waals surface area (Å²) in [7, 11) is 0. The zero-order chi connectivity index (χ0) is 13.9. The van der Waals surface area contributed by atoms with Crippen molar-refractivity contribution in [2.24, 2.45) is 0 Å². The Morgan fingerprint density at radius 1 is 1.00 bits per heavy atom. The first-order chi connectivity index (χ1) is 9.75. The Hall–Kier alpha value is -2.47. The number of carbonyl (C=O) groups is 1. The summed E-state index contributed by atoms with van der Waals surface area (Å²) in [4.78, 5) is 23.7. The molecule has 2 aromatic heterocycles. The molecular formula is C14H9N3O2S. The Kier molecular flexibility index (Phi) is 3.30. The summed E-state index contributed by atoms with van der Waals surface area (Å²) < 4.78 is 0. The first-order valence-electron chi connectivity index (χ1n) is 5.81. The van der Waals surface area contributed by atoms with E-state index in [1.54, 1.807) is 24.5 Å². The molecule has 0 aliphatic carbocycles. The second-order valence-electron chi connectivity index (χ2n) is 3.96. The summed E-state index contributed by atoms with van der Waals surface area (Å²) in [5.74, 6) is -0.985. The number of aromatic carboxylic acids is 1. The van der Waals surface area contributed by atoms with E-state index in [1.807, 2.05) is 18.2 Å². The standard InChI is InChI=1S/C14H9N3O2S/c18-13(19)11-8-17-12(10-5-2-1-4-9(10)11)20-14-15-6-3-7-16-14/h1-8H,(H,18,19). The molecule has 0 unspecified atom stereocenters. The van der Waals surface area contributed by atoms with E-state index in [1.165, 1.54) is 18.0 Å². The maximum Gasteiger partial charge on any atom is 0.337 e. The van der Waals surface area contributed by atoms with Crippen molar-refractivity contribution in [3.05, 3.63) is 54.5 Å². The van der Waals surface area contributed by atoms with E-state index in [0.717, 1.165) is 5.39 Å². The van der Waals surface area contributed by atoms with E-state index in [0.29, 0.717) is 15.6 Å². The maximum absolute atomic E-state index is 11.2. The number of rotatable bonds is 3. The van der Waals surface area contributed by atoms with Crippen LogP contribution in [-0.4, -0.2) is 26.0 Å². The number of hydrogen-bond acceptors (Lipinski definition) is 5. The van der Waals surface area contributed by atoms with E-state index < -0.39 is 5.97 Å². The highest BCUT2D eigenvalue weighted by Crippen LogP contribution is 2.30. The number of aromatic nitrogens is 3. The van der Waals surface area contributed by atoms with Gasteiger partial charge in [0.1, 0.15) is 5.03 Å². The molecule has 98 valence electrons. The van der Waals surface area contributed by atoms with Crippen LogP contribution >= 0.6 is 11.8 Å². The second kappa shape index (κ2) is 5.26. The van der Waals surface area contributed by atoms with Crippen molar-refractivity contribution in [2.75, 3.05) is 0 Å². The highest BCUT2D eigenvalue weighted by molar-refractivity contribution is 7.99. The van der Waals surface area contributed by atoms with Gasteiger partial charge in [-0.25, -0.2) is 19.7 Å². The average Bonchev–Trinajstić information content (AvgIpc) is 2.48. The number of pyridine rings is 1. The van der Waals surface area contributed by atoms with Crippen molar-refractivity contribution < 1.29 is 9.90 Å². The van der Waals surface area contributed by atoms with Gasteiger partial charge in [-0.05, 0) is 17.8 Å². The lowest BCUT2D eigenvalue weighted by Crippen LogP contribution is -1.99. The number of hydrogen-bond donors (Lipinski definition) is 1. The van der Waals surface area contributed by atoms with Crippen LogP contribution in [0.2, 0.25) is 0 Å². The van der Waals surface area contributed by atoms with E-state index in [4.69, 9.17) is 0 Å². The van der Waals surface area contributed by atoms with Crippen molar-refractivity contribution in [3.8, 4) is 0 Å². The van der Waals surface area contributed by atoms with Crippen LogP contribution in [0.1, 0.15) is 10.4 Å². The molecule has 0 aliphatic heterocycles. The van der Waals surface area contributed by atoms with Crippen LogP contribution in [0.3, 0.4) is 0 Å². The van der Waals surface area contributed by atoms with Crippen molar-refractivity contribution >= 4 is 28.5 Å². The van der Waals surface area contributed by atoms with E-state index in [9.17, 15) is 9.90 Å². The Labute approximate surface area is 118 Å². The van der Waals surface area contributed by atoms with E-state index >= 15 is 0 Å². The van der Waals surface area contributed by atoms with Gasteiger partial charge in [0.2, 0.25) is 0 Å². The third kappa shape index (κ3) is 2.33. The van der Waals surface area contributed by atoms with Gasteiger partial charge >= 0.3 is 5.97 Å². The fourth-order valence-corrected chi connectivity index (χ4v) is 2.64. The summed E-state index contributed by atoms with van der Waals surface area (Å²) in [6.07, 6.45) is 4.68. The molecule has 0 saturated heterocycles. The quantitative estimate of drug-likeness (QED) is 0.745. The van der Waals surface area contributed by atoms with Gasteiger partial charge in [-0.3, -0.25) is 0 Å². The fraction of sp³-hybridized carbons (Fsp3) is 0. The van der Waals surface area contributed by atoms with Crippen LogP contribution < -0.4 is 0 Å². The maximum atomic E-state index is 11.2. The minimum Gasteiger partial charge on any atom is -0.478 e. The van der Waals surface area contributed by atoms with Crippen LogP contribution in [0.25, 0.3) is 10.8 Å². The topological polar surface area (TPSA) is 76.0 Å². The van der Waals surface area contributed by atoms with Crippen LogP contribution in [0.4, 0.5) is 0 Å². The summed E-state index contributed by atoms with van der Waals surface area (Å²) in [5, 5.41) is 11.9. The van der Waals surface area contributed by atoms with Crippen LogP contribution in [0, 0.1) is 0 Å². The zero-order valence-corrected chi connectivity index (χ0v) is 11.0. The molecule has 0 spiro atoms. The predicted molar refractivity (Wildman–Crippen MR) is 74.9 cm³/mol. The van der Waals surface area contributed by atoms with Crippen molar-refractivity contribution in [3.63, 3.8) is 0 Å². The summed E-state index contributed by atoms with van der Waals surface area (Å²) >= 11 is 1.31. The van der Waals surface area contributed by atoms with Gasteiger partial charge in [0, 0.05) is 29.4 Å². The largest absolute Gasteiger partial charge is 0.478 e. The second-order valence-corrected chi connectivity index (χ2v) is 4.92. The lowest BCUT2D eigenvalue weighted by atomic mass is 10.1. The molecule has 3 aromatic rings. The molecule has 0 fully saturated rings. The Morgan fingerprint density at radius 3 is 2.40 bits per heavy atom. The van der Waals surface area contributed by atoms with E-state index in [2.05, 4.69) is 15.0 Å². The number of nitrogens with zero attached hydrogens (tertiary/aromatic N) is 3. The van der Waals surface area contributed by atoms with Crippen LogP contribution in [0.15, 0.2) is 59.1 Å². The predicted octanol–water partition coefficient (Wildman–Crippen LogP) is 2.87. The molecule has 0 radical (unpaired) electrons. The Morgan fingerprint density at radius 2 is 1.70 bits per heavy atom. The van der Waals surface area contributed by atoms with Gasteiger partial charge in [-0.15, -0.1) is 0 Å². The number of benzene rings is 1. The van der Waals surface area contributed by atoms with Gasteiger partial charge in [0.05, 0.1) is 5.56 Å². The molecule has 0 bridgehead atoms. The summed E-state index contributed by atoms with van der Waals surface area (Å²) in [5.41, 5.74) is 0.193. The zero-order valence-electron chi connectivity index (χ0n) is 10.2. The van der Waals surface area contributed by atoms with Crippen molar-refractivity contribution in [2.45, 2.75) is 10.2 Å². The van der Waals surface area contributed by atoms with Gasteiger partial charge in [0.15, 0.2) is 5.16 Å². The molecule has 3 rings (SSSR count). The third-order valence-electron chi connectivity index (χ3n) is 2.72.